The van der Waals surface area contributed by atoms with E-state index in [9.17, 15) is 4.79 Å². The van der Waals surface area contributed by atoms with Gasteiger partial charge in [0.1, 0.15) is 11.8 Å². The molecule has 0 bridgehead atoms. The fourth-order valence-electron chi connectivity index (χ4n) is 1.14. The Kier molecular flexibility index (Phi) is 4.30. The number of esters is 1. The lowest BCUT2D eigenvalue weighted by atomic mass is 9.92. The molecule has 0 aliphatic heterocycles. The third kappa shape index (κ3) is 5.12. The van der Waals surface area contributed by atoms with Crippen LogP contribution in [0.5, 0.6) is 0 Å². The largest absolute Gasteiger partial charge is 0.461 e. The van der Waals surface area contributed by atoms with Gasteiger partial charge < -0.3 is 4.74 Å². The topological polar surface area (TPSA) is 39.2 Å². The Morgan fingerprint density at radius 2 is 2.12 bits per heavy atom. The summed E-state index contributed by atoms with van der Waals surface area (Å²) in [7, 11) is 0. The standard InChI is InChI=1S/C12H16ClNO2/c1-12(2,3)6-11(15)16-8-9-4-5-10(13)14-7-9/h4-5,7H,6,8H2,1-3H3. The molecule has 1 aromatic rings. The van der Waals surface area contributed by atoms with E-state index >= 15 is 0 Å². The highest BCUT2D eigenvalue weighted by atomic mass is 35.5. The summed E-state index contributed by atoms with van der Waals surface area (Å²) >= 11 is 5.64. The van der Waals surface area contributed by atoms with Crippen LogP contribution in [0, 0.1) is 5.41 Å². The molecular formula is C12H16ClNO2. The maximum Gasteiger partial charge on any atom is 0.306 e. The minimum atomic E-state index is -0.192. The second-order valence-electron chi connectivity index (χ2n) is 4.89. The first-order valence-corrected chi connectivity index (χ1v) is 5.51. The first kappa shape index (κ1) is 13.0. The van der Waals surface area contributed by atoms with Crippen LogP contribution in [0.1, 0.15) is 32.8 Å². The Hall–Kier alpha value is -1.09. The number of pyridine rings is 1. The molecule has 0 saturated heterocycles. The molecule has 1 aromatic heterocycles. The van der Waals surface area contributed by atoms with Crippen molar-refractivity contribution in [2.45, 2.75) is 33.8 Å². The van der Waals surface area contributed by atoms with Crippen molar-refractivity contribution >= 4 is 17.6 Å². The van der Waals surface area contributed by atoms with Crippen LogP contribution in [-0.2, 0) is 16.1 Å². The summed E-state index contributed by atoms with van der Waals surface area (Å²) in [6.45, 7) is 6.24. The molecule has 0 radical (unpaired) electrons. The van der Waals surface area contributed by atoms with Gasteiger partial charge in [0.2, 0.25) is 0 Å². The highest BCUT2D eigenvalue weighted by molar-refractivity contribution is 6.29. The third-order valence-electron chi connectivity index (χ3n) is 1.86. The number of nitrogens with zero attached hydrogens (tertiary/aromatic N) is 1. The van der Waals surface area contributed by atoms with E-state index in [1.54, 1.807) is 18.3 Å². The van der Waals surface area contributed by atoms with Crippen LogP contribution < -0.4 is 0 Å². The molecule has 0 fully saturated rings. The van der Waals surface area contributed by atoms with Gasteiger partial charge in [0, 0.05) is 11.8 Å². The molecule has 1 heterocycles. The predicted molar refractivity (Wildman–Crippen MR) is 63.1 cm³/mol. The van der Waals surface area contributed by atoms with Crippen LogP contribution >= 0.6 is 11.6 Å². The van der Waals surface area contributed by atoms with Gasteiger partial charge in [-0.3, -0.25) is 4.79 Å². The average Bonchev–Trinajstić information content (AvgIpc) is 2.14. The lowest BCUT2D eigenvalue weighted by Crippen LogP contribution is -2.15. The molecule has 3 nitrogen and oxygen atoms in total. The summed E-state index contributed by atoms with van der Waals surface area (Å²) in [5, 5.41) is 0.435. The van der Waals surface area contributed by atoms with E-state index in [1.165, 1.54) is 0 Å². The normalized spacial score (nSPS) is 11.2. The Labute approximate surface area is 101 Å². The minimum absolute atomic E-state index is 0.0463. The number of carbonyl (C=O) groups excluding carboxylic acids is 1. The number of hydrogen-bond acceptors (Lipinski definition) is 3. The van der Waals surface area contributed by atoms with E-state index in [2.05, 4.69) is 4.98 Å². The number of rotatable bonds is 3. The summed E-state index contributed by atoms with van der Waals surface area (Å²) in [6.07, 6.45) is 2.01. The van der Waals surface area contributed by atoms with Crippen LogP contribution in [-0.4, -0.2) is 11.0 Å². The number of ether oxygens (including phenoxy) is 1. The molecule has 16 heavy (non-hydrogen) atoms. The molecule has 0 aliphatic rings. The van der Waals surface area contributed by atoms with Crippen molar-refractivity contribution < 1.29 is 9.53 Å². The third-order valence-corrected chi connectivity index (χ3v) is 2.09. The molecule has 88 valence electrons. The molecule has 0 N–H and O–H groups in total. The summed E-state index contributed by atoms with van der Waals surface area (Å²) in [6, 6.07) is 3.47. The summed E-state index contributed by atoms with van der Waals surface area (Å²) in [4.78, 5) is 15.3. The van der Waals surface area contributed by atoms with Crippen LogP contribution in [0.25, 0.3) is 0 Å². The SMILES string of the molecule is CC(C)(C)CC(=O)OCc1ccc(Cl)nc1. The van der Waals surface area contributed by atoms with E-state index in [4.69, 9.17) is 16.3 Å². The van der Waals surface area contributed by atoms with E-state index in [-0.39, 0.29) is 18.0 Å². The first-order valence-electron chi connectivity index (χ1n) is 5.13. The predicted octanol–water partition coefficient (Wildman–Crippen LogP) is 3.21. The molecule has 0 spiro atoms. The van der Waals surface area contributed by atoms with Crippen LogP contribution in [0.2, 0.25) is 5.15 Å². The molecule has 0 saturated carbocycles. The first-order chi connectivity index (χ1) is 7.37. The van der Waals surface area contributed by atoms with Gasteiger partial charge in [-0.15, -0.1) is 0 Å². The Morgan fingerprint density at radius 1 is 1.44 bits per heavy atom. The van der Waals surface area contributed by atoms with Crippen molar-refractivity contribution in [2.24, 2.45) is 5.41 Å². The Bertz CT molecular complexity index is 354. The van der Waals surface area contributed by atoms with Gasteiger partial charge in [0.15, 0.2) is 0 Å². The number of halogens is 1. The molecule has 0 amide bonds. The minimum Gasteiger partial charge on any atom is -0.461 e. The van der Waals surface area contributed by atoms with Crippen LogP contribution in [0.3, 0.4) is 0 Å². The zero-order valence-corrected chi connectivity index (χ0v) is 10.5. The molecule has 4 heteroatoms. The summed E-state index contributed by atoms with van der Waals surface area (Å²) in [5.74, 6) is -0.192. The zero-order valence-electron chi connectivity index (χ0n) is 9.79. The lowest BCUT2D eigenvalue weighted by molar-refractivity contribution is -0.147. The van der Waals surface area contributed by atoms with Gasteiger partial charge in [-0.25, -0.2) is 4.98 Å². The fraction of sp³-hybridized carbons (Fsp3) is 0.500. The second kappa shape index (κ2) is 5.30. The van der Waals surface area contributed by atoms with Crippen molar-refractivity contribution in [3.8, 4) is 0 Å². The molecule has 0 aromatic carbocycles. The van der Waals surface area contributed by atoms with Crippen LogP contribution in [0.15, 0.2) is 18.3 Å². The number of aromatic nitrogens is 1. The van der Waals surface area contributed by atoms with Gasteiger partial charge in [-0.05, 0) is 11.5 Å². The van der Waals surface area contributed by atoms with Crippen molar-refractivity contribution in [2.75, 3.05) is 0 Å². The smallest absolute Gasteiger partial charge is 0.306 e. The second-order valence-corrected chi connectivity index (χ2v) is 5.27. The molecule has 0 unspecified atom stereocenters. The van der Waals surface area contributed by atoms with Crippen molar-refractivity contribution in [1.82, 2.24) is 4.98 Å². The number of hydrogen-bond donors (Lipinski definition) is 0. The maximum atomic E-state index is 11.4. The van der Waals surface area contributed by atoms with E-state index < -0.39 is 0 Å². The highest BCUT2D eigenvalue weighted by Gasteiger charge is 2.16. The van der Waals surface area contributed by atoms with Crippen molar-refractivity contribution in [3.05, 3.63) is 29.0 Å². The van der Waals surface area contributed by atoms with Gasteiger partial charge in [-0.2, -0.15) is 0 Å². The zero-order chi connectivity index (χ0) is 12.2. The molecule has 0 aliphatic carbocycles. The molecule has 1 rings (SSSR count). The number of carbonyl (C=O) groups is 1. The van der Waals surface area contributed by atoms with Crippen molar-refractivity contribution in [1.29, 1.82) is 0 Å². The quantitative estimate of drug-likeness (QED) is 0.603. The van der Waals surface area contributed by atoms with E-state index in [0.29, 0.717) is 11.6 Å². The fourth-order valence-corrected chi connectivity index (χ4v) is 1.25. The van der Waals surface area contributed by atoms with Crippen molar-refractivity contribution in [3.63, 3.8) is 0 Å². The highest BCUT2D eigenvalue weighted by Crippen LogP contribution is 2.19. The maximum absolute atomic E-state index is 11.4. The van der Waals surface area contributed by atoms with Gasteiger partial charge >= 0.3 is 5.97 Å². The Morgan fingerprint density at radius 3 is 2.62 bits per heavy atom. The van der Waals surface area contributed by atoms with Gasteiger partial charge in [0.25, 0.3) is 0 Å². The summed E-state index contributed by atoms with van der Waals surface area (Å²) in [5.41, 5.74) is 0.793. The average molecular weight is 242 g/mol. The monoisotopic (exact) mass is 241 g/mol. The molecular weight excluding hydrogens is 226 g/mol. The summed E-state index contributed by atoms with van der Waals surface area (Å²) < 4.78 is 5.12. The molecule has 0 atom stereocenters. The van der Waals surface area contributed by atoms with Crippen LogP contribution in [0.4, 0.5) is 0 Å². The lowest BCUT2D eigenvalue weighted by Gasteiger charge is -2.16. The van der Waals surface area contributed by atoms with E-state index in [0.717, 1.165) is 5.56 Å². The van der Waals surface area contributed by atoms with E-state index in [1.807, 2.05) is 20.8 Å². The van der Waals surface area contributed by atoms with Gasteiger partial charge in [-0.1, -0.05) is 38.4 Å². The Balaban J connectivity index is 2.40. The van der Waals surface area contributed by atoms with Gasteiger partial charge in [0.05, 0.1) is 6.42 Å².